The van der Waals surface area contributed by atoms with Crippen molar-refractivity contribution in [3.05, 3.63) is 12.3 Å². The highest BCUT2D eigenvalue weighted by molar-refractivity contribution is 5.23. The van der Waals surface area contributed by atoms with Crippen LogP contribution in [0, 0.1) is 0 Å². The van der Waals surface area contributed by atoms with Gasteiger partial charge >= 0.3 is 0 Å². The molecule has 5 heteroatoms. The van der Waals surface area contributed by atoms with Crippen LogP contribution in [-0.2, 0) is 16.0 Å². The summed E-state index contributed by atoms with van der Waals surface area (Å²) in [5, 5.41) is 4.14. The molecule has 1 aromatic rings. The number of nitrogens with two attached hydrogens (primary N) is 1. The molecule has 1 aliphatic carbocycles. The Hall–Kier alpha value is -1.07. The molecule has 0 spiro atoms. The molecule has 0 amide bonds. The van der Waals surface area contributed by atoms with Gasteiger partial charge in [-0.05, 0) is 38.2 Å². The number of methoxy groups -OCH3 is 1. The van der Waals surface area contributed by atoms with E-state index >= 15 is 0 Å². The van der Waals surface area contributed by atoms with Crippen molar-refractivity contribution in [2.75, 3.05) is 19.5 Å². The number of hydrogen-bond acceptors (Lipinski definition) is 4. The quantitative estimate of drug-likeness (QED) is 0.786. The molecule has 2 N–H and O–H groups in total. The Morgan fingerprint density at radius 1 is 1.44 bits per heavy atom. The van der Waals surface area contributed by atoms with Crippen molar-refractivity contribution in [2.45, 2.75) is 50.9 Å². The van der Waals surface area contributed by atoms with Gasteiger partial charge in [-0.25, -0.2) is 0 Å². The summed E-state index contributed by atoms with van der Waals surface area (Å²) in [7, 11) is 1.79. The monoisotopic (exact) mass is 253 g/mol. The predicted molar refractivity (Wildman–Crippen MR) is 70.3 cm³/mol. The molecule has 18 heavy (non-hydrogen) atoms. The molecule has 1 fully saturated rings. The minimum Gasteiger partial charge on any atom is -0.382 e. The summed E-state index contributed by atoms with van der Waals surface area (Å²) in [4.78, 5) is 0. The zero-order valence-electron chi connectivity index (χ0n) is 11.0. The van der Waals surface area contributed by atoms with Crippen LogP contribution in [0.2, 0.25) is 0 Å². The molecule has 0 aliphatic heterocycles. The summed E-state index contributed by atoms with van der Waals surface area (Å²) < 4.78 is 13.1. The van der Waals surface area contributed by atoms with Gasteiger partial charge in [0.1, 0.15) is 5.82 Å². The Balaban J connectivity index is 1.60. The molecule has 1 saturated carbocycles. The minimum absolute atomic E-state index is 0.367. The van der Waals surface area contributed by atoms with Crippen LogP contribution in [0.3, 0.4) is 0 Å². The van der Waals surface area contributed by atoms with Gasteiger partial charge in [-0.3, -0.25) is 4.68 Å². The Morgan fingerprint density at radius 2 is 2.28 bits per heavy atom. The number of aryl methyl sites for hydroxylation is 1. The highest BCUT2D eigenvalue weighted by Gasteiger charge is 2.21. The van der Waals surface area contributed by atoms with E-state index < -0.39 is 0 Å². The fourth-order valence-electron chi connectivity index (χ4n) is 2.45. The number of ether oxygens (including phenoxy) is 2. The van der Waals surface area contributed by atoms with Crippen molar-refractivity contribution in [1.29, 1.82) is 0 Å². The van der Waals surface area contributed by atoms with Gasteiger partial charge < -0.3 is 15.2 Å². The summed E-state index contributed by atoms with van der Waals surface area (Å²) in [6, 6.07) is 1.81. The zero-order valence-corrected chi connectivity index (χ0v) is 11.0. The van der Waals surface area contributed by atoms with Gasteiger partial charge in [-0.15, -0.1) is 0 Å². The SMILES string of the molecule is COC1CCCC(OCCCn2ccc(N)n2)C1. The van der Waals surface area contributed by atoms with E-state index in [4.69, 9.17) is 15.2 Å². The lowest BCUT2D eigenvalue weighted by atomic mass is 9.95. The van der Waals surface area contributed by atoms with E-state index in [0.29, 0.717) is 18.0 Å². The van der Waals surface area contributed by atoms with Crippen LogP contribution < -0.4 is 5.73 Å². The lowest BCUT2D eigenvalue weighted by Gasteiger charge is -2.28. The summed E-state index contributed by atoms with van der Waals surface area (Å²) in [6.45, 7) is 1.64. The van der Waals surface area contributed by atoms with E-state index in [-0.39, 0.29) is 0 Å². The topological polar surface area (TPSA) is 62.3 Å². The van der Waals surface area contributed by atoms with Crippen LogP contribution in [0.4, 0.5) is 5.82 Å². The first kappa shape index (κ1) is 13.4. The maximum absolute atomic E-state index is 5.89. The van der Waals surface area contributed by atoms with Crippen LogP contribution in [0.25, 0.3) is 0 Å². The Labute approximate surface area is 108 Å². The van der Waals surface area contributed by atoms with E-state index in [1.807, 2.05) is 16.9 Å². The third-order valence-electron chi connectivity index (χ3n) is 3.46. The first-order chi connectivity index (χ1) is 8.78. The molecule has 5 nitrogen and oxygen atoms in total. The fraction of sp³-hybridized carbons (Fsp3) is 0.769. The molecule has 0 aromatic carbocycles. The van der Waals surface area contributed by atoms with Crippen LogP contribution in [-0.4, -0.2) is 35.7 Å². The molecule has 1 aliphatic rings. The highest BCUT2D eigenvalue weighted by Crippen LogP contribution is 2.23. The first-order valence-corrected chi connectivity index (χ1v) is 6.71. The molecule has 2 unspecified atom stereocenters. The summed E-state index contributed by atoms with van der Waals surface area (Å²) >= 11 is 0. The van der Waals surface area contributed by atoms with Crippen molar-refractivity contribution in [3.8, 4) is 0 Å². The average Bonchev–Trinajstić information content (AvgIpc) is 2.81. The Bertz CT molecular complexity index is 354. The zero-order chi connectivity index (χ0) is 12.8. The molecule has 2 rings (SSSR count). The third-order valence-corrected chi connectivity index (χ3v) is 3.46. The summed E-state index contributed by atoms with van der Waals surface area (Å²) in [5.74, 6) is 0.575. The number of aromatic nitrogens is 2. The normalized spacial score (nSPS) is 24.3. The lowest BCUT2D eigenvalue weighted by Crippen LogP contribution is -2.27. The van der Waals surface area contributed by atoms with E-state index in [1.165, 1.54) is 12.8 Å². The van der Waals surface area contributed by atoms with Crippen LogP contribution in [0.5, 0.6) is 0 Å². The van der Waals surface area contributed by atoms with E-state index in [1.54, 1.807) is 7.11 Å². The molecular formula is C13H23N3O2. The van der Waals surface area contributed by atoms with Gasteiger partial charge in [-0.1, -0.05) is 0 Å². The molecule has 1 heterocycles. The second kappa shape index (κ2) is 6.75. The second-order valence-electron chi connectivity index (χ2n) is 4.87. The van der Waals surface area contributed by atoms with Gasteiger partial charge in [0.25, 0.3) is 0 Å². The standard InChI is InChI=1S/C13H23N3O2/c1-17-11-4-2-5-12(10-11)18-9-3-7-16-8-6-13(14)15-16/h6,8,11-12H,2-5,7,9-10H2,1H3,(H2,14,15). The van der Waals surface area contributed by atoms with Crippen molar-refractivity contribution < 1.29 is 9.47 Å². The van der Waals surface area contributed by atoms with Crippen LogP contribution >= 0.6 is 0 Å². The van der Waals surface area contributed by atoms with Crippen LogP contribution in [0.1, 0.15) is 32.1 Å². The van der Waals surface area contributed by atoms with Gasteiger partial charge in [0.05, 0.1) is 12.2 Å². The third kappa shape index (κ3) is 3.99. The average molecular weight is 253 g/mol. The molecule has 102 valence electrons. The Kier molecular flexibility index (Phi) is 5.01. The number of hydrogen-bond donors (Lipinski definition) is 1. The number of anilines is 1. The fourth-order valence-corrected chi connectivity index (χ4v) is 2.45. The van der Waals surface area contributed by atoms with Gasteiger partial charge in [0.15, 0.2) is 0 Å². The molecule has 0 radical (unpaired) electrons. The van der Waals surface area contributed by atoms with Crippen molar-refractivity contribution in [1.82, 2.24) is 9.78 Å². The lowest BCUT2D eigenvalue weighted by molar-refractivity contribution is -0.0307. The number of nitrogens with zero attached hydrogens (tertiary/aromatic N) is 2. The number of rotatable bonds is 6. The Morgan fingerprint density at radius 3 is 3.00 bits per heavy atom. The van der Waals surface area contributed by atoms with Crippen molar-refractivity contribution >= 4 is 5.82 Å². The van der Waals surface area contributed by atoms with Gasteiger partial charge in [0, 0.05) is 26.5 Å². The molecular weight excluding hydrogens is 230 g/mol. The van der Waals surface area contributed by atoms with Crippen molar-refractivity contribution in [3.63, 3.8) is 0 Å². The predicted octanol–water partition coefficient (Wildman–Crippen LogP) is 1.83. The highest BCUT2D eigenvalue weighted by atomic mass is 16.5. The first-order valence-electron chi connectivity index (χ1n) is 6.71. The van der Waals surface area contributed by atoms with Crippen molar-refractivity contribution in [2.24, 2.45) is 0 Å². The second-order valence-corrected chi connectivity index (χ2v) is 4.87. The van der Waals surface area contributed by atoms with Crippen LogP contribution in [0.15, 0.2) is 12.3 Å². The summed E-state index contributed by atoms with van der Waals surface area (Å²) in [5.41, 5.74) is 5.55. The minimum atomic E-state index is 0.367. The van der Waals surface area contributed by atoms with E-state index in [2.05, 4.69) is 5.10 Å². The van der Waals surface area contributed by atoms with Gasteiger partial charge in [0.2, 0.25) is 0 Å². The maximum Gasteiger partial charge on any atom is 0.145 e. The smallest absolute Gasteiger partial charge is 0.145 e. The maximum atomic E-state index is 5.89. The van der Waals surface area contributed by atoms with E-state index in [0.717, 1.165) is 32.4 Å². The molecule has 0 bridgehead atoms. The molecule has 0 saturated heterocycles. The van der Waals surface area contributed by atoms with E-state index in [9.17, 15) is 0 Å². The largest absolute Gasteiger partial charge is 0.382 e. The number of nitrogen functional groups attached to an aromatic ring is 1. The molecule has 1 aromatic heterocycles. The summed E-state index contributed by atoms with van der Waals surface area (Å²) in [6.07, 6.45) is 8.19. The molecule has 2 atom stereocenters. The van der Waals surface area contributed by atoms with Gasteiger partial charge in [-0.2, -0.15) is 5.10 Å².